The fourth-order valence-corrected chi connectivity index (χ4v) is 4.72. The molecule has 0 atom stereocenters. The molecule has 32 heavy (non-hydrogen) atoms. The number of fused-ring (bicyclic) bond motifs is 1. The van der Waals surface area contributed by atoms with Crippen molar-refractivity contribution in [3.05, 3.63) is 60.2 Å². The van der Waals surface area contributed by atoms with Crippen LogP contribution in [0.15, 0.2) is 54.6 Å². The molecule has 1 heterocycles. The number of hydrogen-bond donors (Lipinski definition) is 0. The second-order valence-corrected chi connectivity index (χ2v) is 10.3. The van der Waals surface area contributed by atoms with Crippen molar-refractivity contribution >= 4 is 21.6 Å². The monoisotopic (exact) mass is 454 g/mol. The Bertz CT molecular complexity index is 860. The van der Waals surface area contributed by atoms with Crippen LogP contribution in [0.25, 0.3) is 10.1 Å². The van der Waals surface area contributed by atoms with Gasteiger partial charge in [-0.05, 0) is 30.4 Å². The van der Waals surface area contributed by atoms with Crippen molar-refractivity contribution in [2.45, 2.75) is 77.7 Å². The van der Waals surface area contributed by atoms with Crippen molar-refractivity contribution in [1.82, 2.24) is 4.37 Å². The van der Waals surface area contributed by atoms with E-state index in [-0.39, 0.29) is 5.88 Å². The average Bonchev–Trinajstić information content (AvgIpc) is 3.17. The van der Waals surface area contributed by atoms with Gasteiger partial charge in [0.2, 0.25) is 0 Å². The van der Waals surface area contributed by atoms with Gasteiger partial charge in [0, 0.05) is 16.8 Å². The number of aromatic nitrogens is 1. The lowest BCUT2D eigenvalue weighted by Crippen LogP contribution is -2.39. The second-order valence-electron chi connectivity index (χ2n) is 9.47. The van der Waals surface area contributed by atoms with Gasteiger partial charge in [-0.25, -0.2) is 4.37 Å². The lowest BCUT2D eigenvalue weighted by atomic mass is 10.1. The molecule has 3 aromatic rings. The summed E-state index contributed by atoms with van der Waals surface area (Å²) in [6.45, 7) is 4.74. The molecule has 0 aliphatic heterocycles. The summed E-state index contributed by atoms with van der Waals surface area (Å²) >= 11 is 1.25. The van der Waals surface area contributed by atoms with Crippen LogP contribution in [0, 0.1) is 0 Å². The zero-order valence-electron chi connectivity index (χ0n) is 20.4. The molecule has 176 valence electrons. The van der Waals surface area contributed by atoms with Gasteiger partial charge in [0.1, 0.15) is 6.54 Å². The second kappa shape index (κ2) is 15.0. The van der Waals surface area contributed by atoms with Crippen molar-refractivity contribution in [1.29, 1.82) is 0 Å². The van der Waals surface area contributed by atoms with Gasteiger partial charge in [-0.15, -0.1) is 0 Å². The zero-order chi connectivity index (χ0) is 23.1. The third-order valence-electron chi connectivity index (χ3n) is 5.91. The van der Waals surface area contributed by atoms with Gasteiger partial charge in [-0.1, -0.05) is 107 Å². The number of unbranched alkanes of at least 4 members (excludes halogenated alkanes) is 9. The van der Waals surface area contributed by atoms with Crippen LogP contribution >= 0.6 is 11.5 Å². The molecule has 3 rings (SSSR count). The third kappa shape index (κ3) is 10.6. The molecule has 0 N–H and O–H groups in total. The van der Waals surface area contributed by atoms with Crippen LogP contribution in [0.3, 0.4) is 0 Å². The standard InChI is InChI=1S/C21H38N.C7H5NOS/c1-4-5-6-7-8-9-10-11-12-16-19-22(2,3)20-21-17-14-13-15-18-21;9-7-5-3-1-2-4-6(5)10-8-7/h13-15,17-18H,4-12,16,19-20H2,1-3H3;1-4H,(H,8,9)/q+1;/p-1. The first-order chi connectivity index (χ1) is 15.5. The summed E-state index contributed by atoms with van der Waals surface area (Å²) in [5.74, 6) is -0.111. The number of quaternary nitrogens is 1. The Kier molecular flexibility index (Phi) is 12.4. The molecular weight excluding hydrogens is 412 g/mol. The smallest absolute Gasteiger partial charge is 0.104 e. The molecule has 0 saturated heterocycles. The molecule has 3 nitrogen and oxygen atoms in total. The summed E-state index contributed by atoms with van der Waals surface area (Å²) in [6.07, 6.45) is 14.2. The maximum Gasteiger partial charge on any atom is 0.104 e. The molecule has 0 amide bonds. The first-order valence-corrected chi connectivity index (χ1v) is 13.2. The summed E-state index contributed by atoms with van der Waals surface area (Å²) in [5.41, 5.74) is 1.46. The minimum Gasteiger partial charge on any atom is -0.857 e. The van der Waals surface area contributed by atoms with Crippen LogP contribution in [0.4, 0.5) is 0 Å². The van der Waals surface area contributed by atoms with Gasteiger partial charge in [-0.2, -0.15) is 0 Å². The highest BCUT2D eigenvalue weighted by Crippen LogP contribution is 2.24. The summed E-state index contributed by atoms with van der Waals surface area (Å²) in [5, 5.41) is 11.6. The first kappa shape index (κ1) is 26.3. The number of hydrogen-bond acceptors (Lipinski definition) is 3. The Morgan fingerprint density at radius 3 is 1.94 bits per heavy atom. The van der Waals surface area contributed by atoms with Crippen LogP contribution in [0.1, 0.15) is 76.7 Å². The van der Waals surface area contributed by atoms with Crippen molar-refractivity contribution < 1.29 is 9.59 Å². The molecule has 0 unspecified atom stereocenters. The predicted octanol–water partition coefficient (Wildman–Crippen LogP) is 7.55. The average molecular weight is 455 g/mol. The van der Waals surface area contributed by atoms with Crippen LogP contribution in [-0.4, -0.2) is 29.5 Å². The number of nitrogens with zero attached hydrogens (tertiary/aromatic N) is 2. The summed E-state index contributed by atoms with van der Waals surface area (Å²) < 4.78 is 5.76. The van der Waals surface area contributed by atoms with E-state index >= 15 is 0 Å². The molecular formula is C28H42N2OS. The minimum absolute atomic E-state index is 0.111. The van der Waals surface area contributed by atoms with E-state index in [1.54, 1.807) is 6.07 Å². The molecule has 0 aliphatic carbocycles. The molecule has 1 aromatic heterocycles. The Balaban J connectivity index is 0.000000297. The Morgan fingerprint density at radius 2 is 1.31 bits per heavy atom. The summed E-state index contributed by atoms with van der Waals surface area (Å²) in [6, 6.07) is 18.3. The lowest BCUT2D eigenvalue weighted by Gasteiger charge is -2.30. The van der Waals surface area contributed by atoms with E-state index in [4.69, 9.17) is 0 Å². The zero-order valence-corrected chi connectivity index (χ0v) is 21.2. The Labute approximate surface area is 199 Å². The van der Waals surface area contributed by atoms with Gasteiger partial charge in [0.05, 0.1) is 25.3 Å². The van der Waals surface area contributed by atoms with E-state index in [2.05, 4.69) is 55.7 Å². The van der Waals surface area contributed by atoms with E-state index < -0.39 is 0 Å². The largest absolute Gasteiger partial charge is 0.857 e. The van der Waals surface area contributed by atoms with E-state index in [9.17, 15) is 5.11 Å². The van der Waals surface area contributed by atoms with Crippen LogP contribution < -0.4 is 5.11 Å². The molecule has 0 bridgehead atoms. The van der Waals surface area contributed by atoms with Gasteiger partial charge >= 0.3 is 0 Å². The summed E-state index contributed by atoms with van der Waals surface area (Å²) in [7, 11) is 4.72. The number of benzene rings is 2. The fraction of sp³-hybridized carbons (Fsp3) is 0.536. The molecule has 0 aliphatic rings. The number of rotatable bonds is 13. The van der Waals surface area contributed by atoms with Crippen LogP contribution in [0.5, 0.6) is 5.88 Å². The van der Waals surface area contributed by atoms with Gasteiger partial charge in [0.15, 0.2) is 0 Å². The fourth-order valence-electron chi connectivity index (χ4n) is 4.05. The van der Waals surface area contributed by atoms with E-state index in [0.29, 0.717) is 0 Å². The third-order valence-corrected chi connectivity index (χ3v) is 6.72. The predicted molar refractivity (Wildman–Crippen MR) is 138 cm³/mol. The Morgan fingerprint density at radius 1 is 0.750 bits per heavy atom. The van der Waals surface area contributed by atoms with Crippen LogP contribution in [0.2, 0.25) is 0 Å². The van der Waals surface area contributed by atoms with Crippen LogP contribution in [-0.2, 0) is 6.54 Å². The molecule has 0 fully saturated rings. The normalized spacial score (nSPS) is 11.3. The van der Waals surface area contributed by atoms with Gasteiger partial charge in [-0.3, -0.25) is 0 Å². The maximum atomic E-state index is 10.9. The topological polar surface area (TPSA) is 36.0 Å². The summed E-state index contributed by atoms with van der Waals surface area (Å²) in [4.78, 5) is 0. The molecule has 4 heteroatoms. The molecule has 2 aromatic carbocycles. The van der Waals surface area contributed by atoms with Crippen molar-refractivity contribution in [2.24, 2.45) is 0 Å². The maximum absolute atomic E-state index is 10.9. The first-order valence-electron chi connectivity index (χ1n) is 12.4. The van der Waals surface area contributed by atoms with Crippen molar-refractivity contribution in [2.75, 3.05) is 20.6 Å². The molecule has 0 radical (unpaired) electrons. The van der Waals surface area contributed by atoms with Crippen molar-refractivity contribution in [3.63, 3.8) is 0 Å². The quantitative estimate of drug-likeness (QED) is 0.197. The SMILES string of the molecule is CCCCCCCCCCCC[N+](C)(C)Cc1ccccc1.[O-]c1nsc2ccccc12. The molecule has 0 saturated carbocycles. The van der Waals surface area contributed by atoms with E-state index in [1.165, 1.54) is 87.8 Å². The highest BCUT2D eigenvalue weighted by molar-refractivity contribution is 7.13. The van der Waals surface area contributed by atoms with Crippen molar-refractivity contribution in [3.8, 4) is 5.88 Å². The highest BCUT2D eigenvalue weighted by atomic mass is 32.1. The Hall–Kier alpha value is -1.91. The van der Waals surface area contributed by atoms with Gasteiger partial charge in [0.25, 0.3) is 0 Å². The van der Waals surface area contributed by atoms with E-state index in [1.807, 2.05) is 18.2 Å². The highest BCUT2D eigenvalue weighted by Gasteiger charge is 2.14. The van der Waals surface area contributed by atoms with Gasteiger partial charge < -0.3 is 9.59 Å². The lowest BCUT2D eigenvalue weighted by molar-refractivity contribution is -0.903. The molecule has 0 spiro atoms. The minimum atomic E-state index is -0.111. The van der Waals surface area contributed by atoms with E-state index in [0.717, 1.165) is 21.1 Å².